The van der Waals surface area contributed by atoms with Crippen molar-refractivity contribution in [2.75, 3.05) is 25.5 Å². The Hall–Kier alpha value is -1.93. The SMILES string of the molecule is CNc1c(C#N)c(Br)nn1[C@H]1C[C@H](COC(F)F)N(C(=O)OC(C)(C)C)C1. The van der Waals surface area contributed by atoms with E-state index in [2.05, 4.69) is 37.2 Å². The number of nitriles is 1. The van der Waals surface area contributed by atoms with Crippen LogP contribution in [-0.2, 0) is 9.47 Å². The lowest BCUT2D eigenvalue weighted by molar-refractivity contribution is -0.138. The molecule has 1 aromatic rings. The van der Waals surface area contributed by atoms with E-state index >= 15 is 0 Å². The summed E-state index contributed by atoms with van der Waals surface area (Å²) in [5.74, 6) is 0.481. The minimum absolute atomic E-state index is 0.194. The van der Waals surface area contributed by atoms with Crippen LogP contribution in [0.2, 0.25) is 0 Å². The van der Waals surface area contributed by atoms with Crippen molar-refractivity contribution in [2.45, 2.75) is 51.5 Å². The Labute approximate surface area is 164 Å². The zero-order valence-electron chi connectivity index (χ0n) is 15.5. The number of carbonyl (C=O) groups is 1. The van der Waals surface area contributed by atoms with Gasteiger partial charge in [-0.05, 0) is 43.1 Å². The number of nitrogens with one attached hydrogen (secondary N) is 1. The van der Waals surface area contributed by atoms with Crippen molar-refractivity contribution in [1.29, 1.82) is 5.26 Å². The average molecular weight is 450 g/mol. The maximum atomic E-state index is 12.5. The van der Waals surface area contributed by atoms with Gasteiger partial charge < -0.3 is 19.7 Å². The van der Waals surface area contributed by atoms with E-state index in [1.807, 2.05) is 0 Å². The molecular weight excluding hydrogens is 428 g/mol. The fourth-order valence-corrected chi connectivity index (χ4v) is 3.41. The van der Waals surface area contributed by atoms with E-state index in [0.29, 0.717) is 22.4 Å². The van der Waals surface area contributed by atoms with Gasteiger partial charge in [0.25, 0.3) is 0 Å². The summed E-state index contributed by atoms with van der Waals surface area (Å²) >= 11 is 3.24. The van der Waals surface area contributed by atoms with Gasteiger partial charge in [0.2, 0.25) is 0 Å². The second-order valence-corrected chi connectivity index (χ2v) is 7.84. The second kappa shape index (κ2) is 8.39. The zero-order valence-corrected chi connectivity index (χ0v) is 17.1. The molecule has 1 aliphatic heterocycles. The number of hydrogen-bond donors (Lipinski definition) is 1. The molecular formula is C16H22BrF2N5O3. The third-order valence-electron chi connectivity index (χ3n) is 4.00. The Balaban J connectivity index is 2.28. The van der Waals surface area contributed by atoms with Gasteiger partial charge in [-0.1, -0.05) is 0 Å². The topological polar surface area (TPSA) is 92.4 Å². The first-order valence-corrected chi connectivity index (χ1v) is 9.12. The third-order valence-corrected chi connectivity index (χ3v) is 4.55. The van der Waals surface area contributed by atoms with E-state index in [0.717, 1.165) is 0 Å². The molecule has 2 rings (SSSR count). The van der Waals surface area contributed by atoms with Crippen molar-refractivity contribution < 1.29 is 23.0 Å². The highest BCUT2D eigenvalue weighted by Crippen LogP contribution is 2.34. The van der Waals surface area contributed by atoms with E-state index in [1.54, 1.807) is 32.5 Å². The molecule has 1 amide bonds. The van der Waals surface area contributed by atoms with Crippen LogP contribution in [0.25, 0.3) is 0 Å². The van der Waals surface area contributed by atoms with E-state index in [9.17, 15) is 18.8 Å². The Bertz CT molecular complexity index is 729. The van der Waals surface area contributed by atoms with E-state index in [1.165, 1.54) is 4.90 Å². The minimum atomic E-state index is -2.93. The molecule has 1 saturated heterocycles. The lowest BCUT2D eigenvalue weighted by Crippen LogP contribution is -2.42. The molecule has 27 heavy (non-hydrogen) atoms. The number of ether oxygens (including phenoxy) is 2. The van der Waals surface area contributed by atoms with Gasteiger partial charge in [-0.25, -0.2) is 9.48 Å². The van der Waals surface area contributed by atoms with Crippen molar-refractivity contribution in [1.82, 2.24) is 14.7 Å². The number of anilines is 1. The Morgan fingerprint density at radius 2 is 2.19 bits per heavy atom. The standard InChI is InChI=1S/C16H22BrF2N5O3/c1-16(2,3)27-15(25)23-7-9(5-10(23)8-26-14(18)19)24-13(21-4)11(6-20)12(17)22-24/h9-10,14,21H,5,7-8H2,1-4H3/t9-,10+/m0/s1. The van der Waals surface area contributed by atoms with Gasteiger partial charge in [-0.2, -0.15) is 19.1 Å². The van der Waals surface area contributed by atoms with Gasteiger partial charge >= 0.3 is 12.7 Å². The van der Waals surface area contributed by atoms with Crippen LogP contribution in [-0.4, -0.2) is 59.2 Å². The molecule has 11 heteroatoms. The van der Waals surface area contributed by atoms with Crippen molar-refractivity contribution in [3.63, 3.8) is 0 Å². The zero-order chi connectivity index (χ0) is 20.4. The van der Waals surface area contributed by atoms with Crippen molar-refractivity contribution >= 4 is 27.8 Å². The first-order chi connectivity index (χ1) is 12.6. The summed E-state index contributed by atoms with van der Waals surface area (Å²) in [6.07, 6.45) is -0.273. The molecule has 1 N–H and O–H groups in total. The molecule has 1 fully saturated rings. The van der Waals surface area contributed by atoms with Crippen LogP contribution in [0.4, 0.5) is 19.4 Å². The quantitative estimate of drug-likeness (QED) is 0.740. The number of hydrogen-bond acceptors (Lipinski definition) is 6. The molecule has 150 valence electrons. The number of halogens is 3. The number of nitrogens with zero attached hydrogens (tertiary/aromatic N) is 4. The summed E-state index contributed by atoms with van der Waals surface area (Å²) < 4.78 is 36.8. The fourth-order valence-electron chi connectivity index (χ4n) is 2.96. The Morgan fingerprint density at radius 1 is 1.52 bits per heavy atom. The predicted octanol–water partition coefficient (Wildman–Crippen LogP) is 3.35. The highest BCUT2D eigenvalue weighted by Gasteiger charge is 2.40. The molecule has 0 saturated carbocycles. The van der Waals surface area contributed by atoms with Gasteiger partial charge in [0.05, 0.1) is 18.7 Å². The maximum Gasteiger partial charge on any atom is 0.410 e. The highest BCUT2D eigenvalue weighted by atomic mass is 79.9. The first-order valence-electron chi connectivity index (χ1n) is 8.32. The van der Waals surface area contributed by atoms with E-state index < -0.39 is 24.3 Å². The molecule has 0 radical (unpaired) electrons. The summed E-state index contributed by atoms with van der Waals surface area (Å²) in [5, 5.41) is 16.5. The Kier molecular flexibility index (Phi) is 6.64. The summed E-state index contributed by atoms with van der Waals surface area (Å²) in [7, 11) is 1.65. The monoisotopic (exact) mass is 449 g/mol. The number of rotatable bonds is 5. The molecule has 2 atom stereocenters. The van der Waals surface area contributed by atoms with Gasteiger partial charge in [-0.15, -0.1) is 0 Å². The number of aromatic nitrogens is 2. The van der Waals surface area contributed by atoms with Crippen molar-refractivity contribution in [3.8, 4) is 6.07 Å². The first kappa shape index (κ1) is 21.4. The van der Waals surface area contributed by atoms with Gasteiger partial charge in [0.15, 0.2) is 0 Å². The van der Waals surface area contributed by atoms with Crippen molar-refractivity contribution in [2.24, 2.45) is 0 Å². The number of carbonyl (C=O) groups excluding carboxylic acids is 1. The van der Waals surface area contributed by atoms with E-state index in [-0.39, 0.29) is 19.2 Å². The number of likely N-dealkylation sites (tertiary alicyclic amines) is 1. The van der Waals surface area contributed by atoms with Crippen LogP contribution in [0.5, 0.6) is 0 Å². The van der Waals surface area contributed by atoms with Crippen molar-refractivity contribution in [3.05, 3.63) is 10.2 Å². The van der Waals surface area contributed by atoms with Crippen LogP contribution < -0.4 is 5.32 Å². The smallest absolute Gasteiger partial charge is 0.410 e. The van der Waals surface area contributed by atoms with Crippen LogP contribution in [0, 0.1) is 11.3 Å². The minimum Gasteiger partial charge on any atom is -0.444 e. The summed E-state index contributed by atoms with van der Waals surface area (Å²) in [6, 6.07) is 1.12. The summed E-state index contributed by atoms with van der Waals surface area (Å²) in [6.45, 7) is 2.13. The Morgan fingerprint density at radius 3 is 2.70 bits per heavy atom. The molecule has 2 heterocycles. The number of alkyl halides is 2. The van der Waals surface area contributed by atoms with Crippen LogP contribution in [0.1, 0.15) is 38.8 Å². The third kappa shape index (κ3) is 5.07. The average Bonchev–Trinajstić information content (AvgIpc) is 3.11. The maximum absolute atomic E-state index is 12.5. The molecule has 0 aliphatic carbocycles. The largest absolute Gasteiger partial charge is 0.444 e. The molecule has 1 aliphatic rings. The number of amides is 1. The second-order valence-electron chi connectivity index (χ2n) is 7.09. The summed E-state index contributed by atoms with van der Waals surface area (Å²) in [5.41, 5.74) is -0.393. The van der Waals surface area contributed by atoms with Crippen LogP contribution in [0.3, 0.4) is 0 Å². The van der Waals surface area contributed by atoms with Gasteiger partial charge in [0.1, 0.15) is 27.7 Å². The molecule has 0 aromatic carbocycles. The molecule has 0 bridgehead atoms. The highest BCUT2D eigenvalue weighted by molar-refractivity contribution is 9.10. The molecule has 1 aromatic heterocycles. The lowest BCUT2D eigenvalue weighted by Gasteiger charge is -2.28. The van der Waals surface area contributed by atoms with Gasteiger partial charge in [0, 0.05) is 13.6 Å². The normalized spacial score (nSPS) is 20.0. The molecule has 0 unspecified atom stereocenters. The predicted molar refractivity (Wildman–Crippen MR) is 96.5 cm³/mol. The van der Waals surface area contributed by atoms with Crippen LogP contribution >= 0.6 is 15.9 Å². The van der Waals surface area contributed by atoms with E-state index in [4.69, 9.17) is 4.74 Å². The lowest BCUT2D eigenvalue weighted by atomic mass is 10.2. The molecule has 0 spiro atoms. The molecule has 8 nitrogen and oxygen atoms in total. The van der Waals surface area contributed by atoms with Gasteiger partial charge in [-0.3, -0.25) is 0 Å². The fraction of sp³-hybridized carbons (Fsp3) is 0.688. The van der Waals surface area contributed by atoms with Crippen LogP contribution in [0.15, 0.2) is 4.60 Å². The summed E-state index contributed by atoms with van der Waals surface area (Å²) in [4.78, 5) is 13.9.